The molecule has 1 rings (SSSR count). The SMILES string of the molecule is CCC(C)C(O)CNC(=O)Cc1ccc(Br)s1. The summed E-state index contributed by atoms with van der Waals surface area (Å²) in [5, 5.41) is 12.5. The minimum absolute atomic E-state index is 0.0401. The topological polar surface area (TPSA) is 49.3 Å². The van der Waals surface area contributed by atoms with E-state index in [2.05, 4.69) is 21.2 Å². The van der Waals surface area contributed by atoms with E-state index in [0.717, 1.165) is 15.1 Å². The Hall–Kier alpha value is -0.390. The van der Waals surface area contributed by atoms with Crippen LogP contribution in [0.15, 0.2) is 15.9 Å². The first-order valence-electron chi connectivity index (χ1n) is 5.72. The largest absolute Gasteiger partial charge is 0.391 e. The smallest absolute Gasteiger partial charge is 0.225 e. The van der Waals surface area contributed by atoms with Crippen LogP contribution in [-0.4, -0.2) is 23.7 Å². The van der Waals surface area contributed by atoms with Crippen molar-refractivity contribution >= 4 is 33.2 Å². The third kappa shape index (κ3) is 5.19. The highest BCUT2D eigenvalue weighted by Gasteiger charge is 2.13. The van der Waals surface area contributed by atoms with Crippen molar-refractivity contribution in [3.63, 3.8) is 0 Å². The van der Waals surface area contributed by atoms with E-state index in [1.807, 2.05) is 26.0 Å². The zero-order chi connectivity index (χ0) is 12.8. The Kier molecular flexibility index (Phi) is 6.16. The lowest BCUT2D eigenvalue weighted by atomic mass is 10.0. The molecule has 1 amide bonds. The van der Waals surface area contributed by atoms with Gasteiger partial charge in [-0.05, 0) is 34.0 Å². The lowest BCUT2D eigenvalue weighted by Crippen LogP contribution is -2.36. The highest BCUT2D eigenvalue weighted by atomic mass is 79.9. The normalized spacial score (nSPS) is 14.4. The van der Waals surface area contributed by atoms with Crippen molar-refractivity contribution in [3.05, 3.63) is 20.8 Å². The lowest BCUT2D eigenvalue weighted by molar-refractivity contribution is -0.121. The van der Waals surface area contributed by atoms with Crippen LogP contribution in [0.5, 0.6) is 0 Å². The third-order valence-electron chi connectivity index (χ3n) is 2.77. The summed E-state index contributed by atoms with van der Waals surface area (Å²) in [5.41, 5.74) is 0. The molecule has 2 unspecified atom stereocenters. The second-order valence-corrected chi connectivity index (χ2v) is 6.69. The molecular weight excluding hydrogens is 302 g/mol. The molecule has 5 heteroatoms. The van der Waals surface area contributed by atoms with Crippen LogP contribution in [-0.2, 0) is 11.2 Å². The fourth-order valence-electron chi connectivity index (χ4n) is 1.36. The number of carbonyl (C=O) groups excluding carboxylic acids is 1. The van der Waals surface area contributed by atoms with Gasteiger partial charge in [0.05, 0.1) is 16.3 Å². The van der Waals surface area contributed by atoms with Crippen molar-refractivity contribution in [1.29, 1.82) is 0 Å². The Morgan fingerprint density at radius 3 is 2.82 bits per heavy atom. The van der Waals surface area contributed by atoms with E-state index in [4.69, 9.17) is 0 Å². The zero-order valence-corrected chi connectivity index (χ0v) is 12.5. The highest BCUT2D eigenvalue weighted by Crippen LogP contribution is 2.22. The molecule has 0 spiro atoms. The van der Waals surface area contributed by atoms with Gasteiger partial charge in [0.2, 0.25) is 5.91 Å². The number of hydrogen-bond donors (Lipinski definition) is 2. The van der Waals surface area contributed by atoms with Gasteiger partial charge in [-0.25, -0.2) is 0 Å². The van der Waals surface area contributed by atoms with E-state index < -0.39 is 6.10 Å². The lowest BCUT2D eigenvalue weighted by Gasteiger charge is -2.17. The summed E-state index contributed by atoms with van der Waals surface area (Å²) in [7, 11) is 0. The quantitative estimate of drug-likeness (QED) is 0.846. The van der Waals surface area contributed by atoms with Gasteiger partial charge < -0.3 is 10.4 Å². The molecule has 3 nitrogen and oxygen atoms in total. The molecule has 17 heavy (non-hydrogen) atoms. The molecule has 0 aliphatic heterocycles. The van der Waals surface area contributed by atoms with Gasteiger partial charge in [-0.1, -0.05) is 20.3 Å². The zero-order valence-electron chi connectivity index (χ0n) is 10.1. The van der Waals surface area contributed by atoms with Gasteiger partial charge in [0.15, 0.2) is 0 Å². The van der Waals surface area contributed by atoms with Crippen LogP contribution in [0, 0.1) is 5.92 Å². The fourth-order valence-corrected chi connectivity index (χ4v) is 2.84. The first-order valence-corrected chi connectivity index (χ1v) is 7.32. The van der Waals surface area contributed by atoms with E-state index in [9.17, 15) is 9.90 Å². The molecule has 96 valence electrons. The van der Waals surface area contributed by atoms with Crippen molar-refractivity contribution in [2.24, 2.45) is 5.92 Å². The summed E-state index contributed by atoms with van der Waals surface area (Å²) in [4.78, 5) is 12.6. The summed E-state index contributed by atoms with van der Waals surface area (Å²) in [5.74, 6) is 0.174. The van der Waals surface area contributed by atoms with Crippen LogP contribution >= 0.6 is 27.3 Å². The number of hydrogen-bond acceptors (Lipinski definition) is 3. The Morgan fingerprint density at radius 1 is 1.59 bits per heavy atom. The van der Waals surface area contributed by atoms with E-state index in [1.165, 1.54) is 0 Å². The molecule has 1 heterocycles. The van der Waals surface area contributed by atoms with Crippen molar-refractivity contribution in [3.8, 4) is 0 Å². The molecule has 2 N–H and O–H groups in total. The Bertz CT molecular complexity index is 367. The number of amides is 1. The first kappa shape index (κ1) is 14.7. The van der Waals surface area contributed by atoms with Gasteiger partial charge in [0, 0.05) is 11.4 Å². The maximum absolute atomic E-state index is 11.6. The minimum atomic E-state index is -0.459. The van der Waals surface area contributed by atoms with Gasteiger partial charge in [-0.3, -0.25) is 4.79 Å². The minimum Gasteiger partial charge on any atom is -0.391 e. The summed E-state index contributed by atoms with van der Waals surface area (Å²) in [6, 6.07) is 3.86. The van der Waals surface area contributed by atoms with Crippen LogP contribution < -0.4 is 5.32 Å². The molecule has 0 aliphatic carbocycles. The second-order valence-electron chi connectivity index (χ2n) is 4.14. The van der Waals surface area contributed by atoms with E-state index in [1.54, 1.807) is 11.3 Å². The Labute approximate surface area is 114 Å². The van der Waals surface area contributed by atoms with E-state index in [0.29, 0.717) is 13.0 Å². The molecule has 0 aromatic carbocycles. The highest BCUT2D eigenvalue weighted by molar-refractivity contribution is 9.11. The third-order valence-corrected chi connectivity index (χ3v) is 4.40. The van der Waals surface area contributed by atoms with Gasteiger partial charge in [0.1, 0.15) is 0 Å². The Balaban J connectivity index is 2.30. The monoisotopic (exact) mass is 319 g/mol. The van der Waals surface area contributed by atoms with Gasteiger partial charge in [-0.15, -0.1) is 11.3 Å². The molecule has 0 fully saturated rings. The van der Waals surface area contributed by atoms with E-state index in [-0.39, 0.29) is 11.8 Å². The number of nitrogens with one attached hydrogen (secondary N) is 1. The summed E-state index contributed by atoms with van der Waals surface area (Å²) >= 11 is 4.91. The van der Waals surface area contributed by atoms with Crippen LogP contribution in [0.4, 0.5) is 0 Å². The van der Waals surface area contributed by atoms with Crippen LogP contribution in [0.3, 0.4) is 0 Å². The molecule has 1 aromatic rings. The molecule has 0 radical (unpaired) electrons. The number of rotatable bonds is 6. The van der Waals surface area contributed by atoms with Crippen molar-refractivity contribution in [2.75, 3.05) is 6.54 Å². The van der Waals surface area contributed by atoms with Gasteiger partial charge in [-0.2, -0.15) is 0 Å². The summed E-state index contributed by atoms with van der Waals surface area (Å²) in [6.45, 7) is 4.34. The molecule has 0 saturated heterocycles. The molecule has 0 saturated carbocycles. The van der Waals surface area contributed by atoms with Crippen molar-refractivity contribution in [1.82, 2.24) is 5.32 Å². The molecule has 2 atom stereocenters. The predicted molar refractivity (Wildman–Crippen MR) is 74.2 cm³/mol. The number of carbonyl (C=O) groups is 1. The summed E-state index contributed by atoms with van der Waals surface area (Å²) in [6.07, 6.45) is 0.831. The number of aliphatic hydroxyl groups is 1. The molecule has 0 bridgehead atoms. The average Bonchev–Trinajstić information content (AvgIpc) is 2.70. The number of halogens is 1. The maximum atomic E-state index is 11.6. The van der Waals surface area contributed by atoms with Crippen molar-refractivity contribution < 1.29 is 9.90 Å². The fraction of sp³-hybridized carbons (Fsp3) is 0.583. The number of aliphatic hydroxyl groups excluding tert-OH is 1. The first-order chi connectivity index (χ1) is 8.02. The average molecular weight is 320 g/mol. The van der Waals surface area contributed by atoms with Crippen LogP contribution in [0.1, 0.15) is 25.1 Å². The van der Waals surface area contributed by atoms with E-state index >= 15 is 0 Å². The summed E-state index contributed by atoms with van der Waals surface area (Å²) < 4.78 is 1.03. The van der Waals surface area contributed by atoms with Crippen LogP contribution in [0.2, 0.25) is 0 Å². The molecule has 1 aromatic heterocycles. The molecule has 0 aliphatic rings. The predicted octanol–water partition coefficient (Wildman–Crippen LogP) is 2.58. The van der Waals surface area contributed by atoms with Gasteiger partial charge in [0.25, 0.3) is 0 Å². The van der Waals surface area contributed by atoms with Gasteiger partial charge >= 0.3 is 0 Å². The second kappa shape index (κ2) is 7.13. The Morgan fingerprint density at radius 2 is 2.29 bits per heavy atom. The number of thiophene rings is 1. The maximum Gasteiger partial charge on any atom is 0.225 e. The molecular formula is C12H18BrNO2S. The standard InChI is InChI=1S/C12H18BrNO2S/c1-3-8(2)10(15)7-14-12(16)6-9-4-5-11(13)17-9/h4-5,8,10,15H,3,6-7H2,1-2H3,(H,14,16). The van der Waals surface area contributed by atoms with Crippen molar-refractivity contribution in [2.45, 2.75) is 32.8 Å². The van der Waals surface area contributed by atoms with Crippen LogP contribution in [0.25, 0.3) is 0 Å².